The van der Waals surface area contributed by atoms with Crippen molar-refractivity contribution in [3.8, 4) is 0 Å². The summed E-state index contributed by atoms with van der Waals surface area (Å²) < 4.78 is 39.5. The van der Waals surface area contributed by atoms with Gasteiger partial charge < -0.3 is 10.2 Å². The number of amides is 2. The van der Waals surface area contributed by atoms with Crippen molar-refractivity contribution in [1.29, 1.82) is 0 Å². The fourth-order valence-electron chi connectivity index (χ4n) is 3.87. The molecule has 9 heteroatoms. The van der Waals surface area contributed by atoms with Crippen LogP contribution in [0.25, 0.3) is 0 Å². The number of nitrogens with one attached hydrogen (secondary N) is 1. The molecule has 0 aliphatic carbocycles. The van der Waals surface area contributed by atoms with E-state index in [2.05, 4.69) is 5.32 Å². The molecule has 1 N–H and O–H groups in total. The van der Waals surface area contributed by atoms with Crippen molar-refractivity contribution in [1.82, 2.24) is 10.2 Å². The van der Waals surface area contributed by atoms with Gasteiger partial charge >= 0.3 is 0 Å². The number of anilines is 1. The molecule has 0 aliphatic rings. The number of rotatable bonds is 11. The van der Waals surface area contributed by atoms with E-state index < -0.39 is 21.6 Å². The molecule has 0 bridgehead atoms. The van der Waals surface area contributed by atoms with Crippen LogP contribution >= 0.6 is 0 Å². The molecule has 1 atom stereocenters. The molecule has 2 aromatic rings. The molecule has 0 aromatic heterocycles. The van der Waals surface area contributed by atoms with Gasteiger partial charge in [0.1, 0.15) is 11.9 Å². The summed E-state index contributed by atoms with van der Waals surface area (Å²) in [5, 5.41) is 2.94. The largest absolute Gasteiger partial charge is 0.350 e. The van der Waals surface area contributed by atoms with Gasteiger partial charge in [-0.05, 0) is 70.4 Å². The van der Waals surface area contributed by atoms with E-state index in [1.54, 1.807) is 24.3 Å². The summed E-state index contributed by atoms with van der Waals surface area (Å²) in [4.78, 5) is 28.0. The number of benzene rings is 2. The first-order valence-electron chi connectivity index (χ1n) is 12.1. The molecular weight excluding hydrogens is 481 g/mol. The lowest BCUT2D eigenvalue weighted by atomic mass is 10.0. The minimum Gasteiger partial charge on any atom is -0.350 e. The van der Waals surface area contributed by atoms with E-state index >= 15 is 0 Å². The molecule has 198 valence electrons. The number of aryl methyl sites for hydroxylation is 1. The summed E-state index contributed by atoms with van der Waals surface area (Å²) in [5.74, 6) is -0.920. The molecule has 2 amide bonds. The van der Waals surface area contributed by atoms with Crippen molar-refractivity contribution in [2.75, 3.05) is 17.1 Å². The Morgan fingerprint density at radius 3 is 2.11 bits per heavy atom. The topological polar surface area (TPSA) is 86.8 Å². The number of halogens is 1. The van der Waals surface area contributed by atoms with Crippen LogP contribution in [-0.4, -0.2) is 49.5 Å². The molecule has 0 heterocycles. The highest BCUT2D eigenvalue weighted by Crippen LogP contribution is 2.20. The van der Waals surface area contributed by atoms with E-state index in [0.717, 1.165) is 11.8 Å². The number of sulfonamides is 1. The number of carbonyl (C=O) groups is 2. The van der Waals surface area contributed by atoms with Crippen LogP contribution in [-0.2, 0) is 26.2 Å². The molecule has 36 heavy (non-hydrogen) atoms. The van der Waals surface area contributed by atoms with Crippen molar-refractivity contribution < 1.29 is 22.4 Å². The molecule has 7 nitrogen and oxygen atoms in total. The fraction of sp³-hybridized carbons (Fsp3) is 0.481. The Balaban J connectivity index is 2.22. The minimum absolute atomic E-state index is 0.0539. The highest BCUT2D eigenvalue weighted by Gasteiger charge is 2.30. The van der Waals surface area contributed by atoms with Gasteiger partial charge in [-0.15, -0.1) is 0 Å². The Morgan fingerprint density at radius 2 is 1.61 bits per heavy atom. The van der Waals surface area contributed by atoms with Crippen LogP contribution < -0.4 is 9.62 Å². The smallest absolute Gasteiger partial charge is 0.243 e. The number of carbonyl (C=O) groups excluding carboxylic acids is 2. The average Bonchev–Trinajstić information content (AvgIpc) is 2.76. The van der Waals surface area contributed by atoms with Crippen molar-refractivity contribution in [2.24, 2.45) is 0 Å². The monoisotopic (exact) mass is 519 g/mol. The first-order chi connectivity index (χ1) is 16.7. The summed E-state index contributed by atoms with van der Waals surface area (Å²) in [5.41, 5.74) is 1.77. The SMILES string of the molecule is CC[C@@H](C(=O)NC(C)(C)C)N(Cc1ccc(F)cc1)C(=O)CCCN(c1ccc(C)cc1)S(C)(=O)=O. The fourth-order valence-corrected chi connectivity index (χ4v) is 4.84. The molecule has 2 aromatic carbocycles. The van der Waals surface area contributed by atoms with Crippen molar-refractivity contribution in [3.63, 3.8) is 0 Å². The zero-order valence-electron chi connectivity index (χ0n) is 22.0. The summed E-state index contributed by atoms with van der Waals surface area (Å²) in [6.07, 6.45) is 1.86. The maximum absolute atomic E-state index is 13.4. The second-order valence-electron chi connectivity index (χ2n) is 10.1. The first kappa shape index (κ1) is 29.3. The summed E-state index contributed by atoms with van der Waals surface area (Å²) in [7, 11) is -3.55. The third kappa shape index (κ3) is 8.93. The molecule has 0 saturated carbocycles. The van der Waals surface area contributed by atoms with Crippen LogP contribution in [0.3, 0.4) is 0 Å². The molecule has 0 aliphatic heterocycles. The van der Waals surface area contributed by atoms with E-state index in [4.69, 9.17) is 0 Å². The average molecular weight is 520 g/mol. The van der Waals surface area contributed by atoms with E-state index in [9.17, 15) is 22.4 Å². The highest BCUT2D eigenvalue weighted by molar-refractivity contribution is 7.92. The normalized spacial score (nSPS) is 12.6. The van der Waals surface area contributed by atoms with Crippen LogP contribution in [0, 0.1) is 12.7 Å². The lowest BCUT2D eigenvalue weighted by Gasteiger charge is -2.33. The second-order valence-corrected chi connectivity index (χ2v) is 12.0. The van der Waals surface area contributed by atoms with Crippen molar-refractivity contribution in [3.05, 3.63) is 65.5 Å². The third-order valence-electron chi connectivity index (χ3n) is 5.62. The molecule has 0 fully saturated rings. The van der Waals surface area contributed by atoms with Gasteiger partial charge in [-0.2, -0.15) is 0 Å². The van der Waals surface area contributed by atoms with Crippen LogP contribution in [0.2, 0.25) is 0 Å². The van der Waals surface area contributed by atoms with Gasteiger partial charge in [0.2, 0.25) is 21.8 Å². The Morgan fingerprint density at radius 1 is 1.03 bits per heavy atom. The molecule has 2 rings (SSSR count). The zero-order chi connectivity index (χ0) is 27.1. The third-order valence-corrected chi connectivity index (χ3v) is 6.82. The number of hydrogen-bond donors (Lipinski definition) is 1. The lowest BCUT2D eigenvalue weighted by molar-refractivity contribution is -0.142. The summed E-state index contributed by atoms with van der Waals surface area (Å²) >= 11 is 0. The van der Waals surface area contributed by atoms with Crippen molar-refractivity contribution >= 4 is 27.5 Å². The van der Waals surface area contributed by atoms with Crippen LogP contribution in [0.4, 0.5) is 10.1 Å². The Labute approximate surface area is 214 Å². The van der Waals surface area contributed by atoms with Gasteiger partial charge in [0, 0.05) is 25.0 Å². The quantitative estimate of drug-likeness (QED) is 0.477. The standard InChI is InChI=1S/C27H38FN3O4S/c1-7-24(26(33)29-27(3,4)5)30(19-21-12-14-22(28)15-13-21)25(32)9-8-18-31(36(6,34)35)23-16-10-20(2)11-17-23/h10-17,24H,7-9,18-19H2,1-6H3,(H,29,33)/t24-/m0/s1. The van der Waals surface area contributed by atoms with Crippen LogP contribution in [0.5, 0.6) is 0 Å². The summed E-state index contributed by atoms with van der Waals surface area (Å²) in [6, 6.07) is 12.3. The second kappa shape index (κ2) is 12.3. The van der Waals surface area contributed by atoms with Gasteiger partial charge in [0.25, 0.3) is 0 Å². The molecule has 0 saturated heterocycles. The van der Waals surface area contributed by atoms with Gasteiger partial charge in [0.15, 0.2) is 0 Å². The van der Waals surface area contributed by atoms with Crippen LogP contribution in [0.15, 0.2) is 48.5 Å². The van der Waals surface area contributed by atoms with Gasteiger partial charge in [-0.3, -0.25) is 13.9 Å². The molecule has 0 radical (unpaired) electrons. The Hall–Kier alpha value is -2.94. The zero-order valence-corrected chi connectivity index (χ0v) is 22.9. The van der Waals surface area contributed by atoms with Gasteiger partial charge in [-0.1, -0.05) is 36.8 Å². The minimum atomic E-state index is -3.55. The first-order valence-corrected chi connectivity index (χ1v) is 14.0. The van der Waals surface area contributed by atoms with Crippen molar-refractivity contribution in [2.45, 2.75) is 72.0 Å². The van der Waals surface area contributed by atoms with E-state index in [1.165, 1.54) is 21.3 Å². The summed E-state index contributed by atoms with van der Waals surface area (Å²) in [6.45, 7) is 9.63. The predicted molar refractivity (Wildman–Crippen MR) is 142 cm³/mol. The maximum atomic E-state index is 13.4. The van der Waals surface area contributed by atoms with E-state index in [1.807, 2.05) is 46.8 Å². The number of hydrogen-bond acceptors (Lipinski definition) is 4. The van der Waals surface area contributed by atoms with E-state index in [-0.39, 0.29) is 43.6 Å². The molecular formula is C27H38FN3O4S. The van der Waals surface area contributed by atoms with Gasteiger partial charge in [0.05, 0.1) is 11.9 Å². The Kier molecular flexibility index (Phi) is 10.0. The predicted octanol–water partition coefficient (Wildman–Crippen LogP) is 4.40. The molecule has 0 spiro atoms. The van der Waals surface area contributed by atoms with Gasteiger partial charge in [-0.25, -0.2) is 12.8 Å². The lowest BCUT2D eigenvalue weighted by Crippen LogP contribution is -2.53. The Bertz CT molecular complexity index is 1130. The highest BCUT2D eigenvalue weighted by atomic mass is 32.2. The number of nitrogens with zero attached hydrogens (tertiary/aromatic N) is 2. The van der Waals surface area contributed by atoms with E-state index in [0.29, 0.717) is 17.7 Å². The van der Waals surface area contributed by atoms with Crippen LogP contribution in [0.1, 0.15) is 58.1 Å². The maximum Gasteiger partial charge on any atom is 0.243 e. The molecule has 0 unspecified atom stereocenters.